The molecule has 0 fully saturated rings. The molecule has 1 unspecified atom stereocenters. The monoisotopic (exact) mass is 312 g/mol. The molecule has 1 atom stereocenters. The maximum Gasteiger partial charge on any atom is 0.220 e. The van der Waals surface area contributed by atoms with Gasteiger partial charge in [-0.3, -0.25) is 4.79 Å². The van der Waals surface area contributed by atoms with Gasteiger partial charge >= 0.3 is 0 Å². The van der Waals surface area contributed by atoms with E-state index in [1.807, 2.05) is 18.2 Å². The van der Waals surface area contributed by atoms with Crippen molar-refractivity contribution >= 4 is 5.91 Å². The number of hydrogen-bond acceptors (Lipinski definition) is 3. The molecule has 0 aliphatic carbocycles. The molecule has 1 amide bonds. The zero-order valence-corrected chi connectivity index (χ0v) is 13.7. The molecule has 1 aromatic heterocycles. The van der Waals surface area contributed by atoms with Gasteiger partial charge in [-0.2, -0.15) is 0 Å². The highest BCUT2D eigenvalue weighted by atomic mass is 16.1. The number of nitrogens with one attached hydrogen (secondary N) is 1. The molecular weight excluding hydrogens is 288 g/mol. The SMILES string of the molecule is CC(CC(=O)NCc1nnc2n1CCCCC2)c1ccccc1. The van der Waals surface area contributed by atoms with Gasteiger partial charge in [-0.05, 0) is 24.3 Å². The van der Waals surface area contributed by atoms with Gasteiger partial charge in [0.2, 0.25) is 5.91 Å². The van der Waals surface area contributed by atoms with Crippen LogP contribution in [0.1, 0.15) is 55.7 Å². The van der Waals surface area contributed by atoms with Gasteiger partial charge in [0.1, 0.15) is 5.82 Å². The van der Waals surface area contributed by atoms with E-state index in [2.05, 4.69) is 39.1 Å². The number of fused-ring (bicyclic) bond motifs is 1. The zero-order chi connectivity index (χ0) is 16.1. The van der Waals surface area contributed by atoms with Crippen LogP contribution in [0.5, 0.6) is 0 Å². The van der Waals surface area contributed by atoms with E-state index >= 15 is 0 Å². The molecule has 0 saturated carbocycles. The lowest BCUT2D eigenvalue weighted by Gasteiger charge is -2.12. The second kappa shape index (κ2) is 7.40. The van der Waals surface area contributed by atoms with Crippen LogP contribution in [0.3, 0.4) is 0 Å². The van der Waals surface area contributed by atoms with Crippen LogP contribution in [0, 0.1) is 0 Å². The fourth-order valence-corrected chi connectivity index (χ4v) is 3.10. The molecular formula is C18H24N4O. The first-order chi connectivity index (χ1) is 11.2. The summed E-state index contributed by atoms with van der Waals surface area (Å²) in [4.78, 5) is 12.2. The predicted molar refractivity (Wildman–Crippen MR) is 88.9 cm³/mol. The maximum atomic E-state index is 12.2. The number of nitrogens with zero attached hydrogens (tertiary/aromatic N) is 3. The quantitative estimate of drug-likeness (QED) is 0.923. The molecule has 1 aromatic carbocycles. The summed E-state index contributed by atoms with van der Waals surface area (Å²) < 4.78 is 2.17. The van der Waals surface area contributed by atoms with E-state index in [1.165, 1.54) is 18.4 Å². The molecule has 3 rings (SSSR count). The highest BCUT2D eigenvalue weighted by Crippen LogP contribution is 2.18. The summed E-state index contributed by atoms with van der Waals surface area (Å²) in [5.41, 5.74) is 1.19. The molecule has 2 heterocycles. The van der Waals surface area contributed by atoms with Gasteiger partial charge in [-0.25, -0.2) is 0 Å². The van der Waals surface area contributed by atoms with Gasteiger partial charge in [-0.15, -0.1) is 10.2 Å². The molecule has 0 spiro atoms. The van der Waals surface area contributed by atoms with Crippen molar-refractivity contribution in [1.82, 2.24) is 20.1 Å². The van der Waals surface area contributed by atoms with Gasteiger partial charge in [0.05, 0.1) is 6.54 Å². The lowest BCUT2D eigenvalue weighted by molar-refractivity contribution is -0.121. The third-order valence-corrected chi connectivity index (χ3v) is 4.49. The molecule has 2 aromatic rings. The topological polar surface area (TPSA) is 59.8 Å². The molecule has 1 N–H and O–H groups in total. The summed E-state index contributed by atoms with van der Waals surface area (Å²) in [6, 6.07) is 10.1. The number of hydrogen-bond donors (Lipinski definition) is 1. The minimum atomic E-state index is 0.0623. The van der Waals surface area contributed by atoms with Crippen LogP contribution >= 0.6 is 0 Å². The van der Waals surface area contributed by atoms with Crippen molar-refractivity contribution in [2.24, 2.45) is 0 Å². The molecule has 1 aliphatic heterocycles. The van der Waals surface area contributed by atoms with Gasteiger partial charge in [0, 0.05) is 19.4 Å². The van der Waals surface area contributed by atoms with E-state index in [4.69, 9.17) is 0 Å². The summed E-state index contributed by atoms with van der Waals surface area (Å²) in [6.45, 7) is 3.51. The average Bonchev–Trinajstić information content (AvgIpc) is 2.80. The lowest BCUT2D eigenvalue weighted by Crippen LogP contribution is -2.26. The molecule has 5 nitrogen and oxygen atoms in total. The predicted octanol–water partition coefficient (Wildman–Crippen LogP) is 2.81. The second-order valence-electron chi connectivity index (χ2n) is 6.29. The van der Waals surface area contributed by atoms with Crippen molar-refractivity contribution in [1.29, 1.82) is 0 Å². The molecule has 5 heteroatoms. The van der Waals surface area contributed by atoms with Crippen LogP contribution in [0.4, 0.5) is 0 Å². The Balaban J connectivity index is 1.54. The first-order valence-electron chi connectivity index (χ1n) is 8.46. The van der Waals surface area contributed by atoms with Gasteiger partial charge in [-0.1, -0.05) is 43.7 Å². The van der Waals surface area contributed by atoms with Crippen LogP contribution in [0.25, 0.3) is 0 Å². The number of carbonyl (C=O) groups excluding carboxylic acids is 1. The van der Waals surface area contributed by atoms with E-state index in [0.717, 1.165) is 31.0 Å². The van der Waals surface area contributed by atoms with E-state index in [1.54, 1.807) is 0 Å². The third kappa shape index (κ3) is 3.97. The van der Waals surface area contributed by atoms with Crippen molar-refractivity contribution in [2.45, 2.75) is 58.0 Å². The average molecular weight is 312 g/mol. The van der Waals surface area contributed by atoms with Crippen LogP contribution in [-0.4, -0.2) is 20.7 Å². The Morgan fingerprint density at radius 1 is 1.22 bits per heavy atom. The summed E-state index contributed by atoms with van der Waals surface area (Å²) in [6.07, 6.45) is 5.07. The first kappa shape index (κ1) is 15.7. The Bertz CT molecular complexity index is 650. The standard InChI is InChI=1S/C18H24N4O/c1-14(15-8-4-2-5-9-15)12-18(23)19-13-17-21-20-16-10-6-3-7-11-22(16)17/h2,4-5,8-9,14H,3,6-7,10-13H2,1H3,(H,19,23). The van der Waals surface area contributed by atoms with Crippen molar-refractivity contribution in [2.75, 3.05) is 0 Å². The molecule has 0 radical (unpaired) electrons. The van der Waals surface area contributed by atoms with Crippen LogP contribution in [0.15, 0.2) is 30.3 Å². The Kier molecular flexibility index (Phi) is 5.05. The van der Waals surface area contributed by atoms with Crippen LogP contribution < -0.4 is 5.32 Å². The number of amides is 1. The highest BCUT2D eigenvalue weighted by molar-refractivity contribution is 5.76. The number of benzene rings is 1. The van der Waals surface area contributed by atoms with E-state index in [9.17, 15) is 4.79 Å². The molecule has 1 aliphatic rings. The Labute approximate surface area is 137 Å². The van der Waals surface area contributed by atoms with Crippen molar-refractivity contribution in [3.63, 3.8) is 0 Å². The summed E-state index contributed by atoms with van der Waals surface area (Å²) in [5.74, 6) is 2.21. The van der Waals surface area contributed by atoms with E-state index in [-0.39, 0.29) is 11.8 Å². The second-order valence-corrected chi connectivity index (χ2v) is 6.29. The van der Waals surface area contributed by atoms with Crippen molar-refractivity contribution in [3.05, 3.63) is 47.5 Å². The molecule has 0 bridgehead atoms. The van der Waals surface area contributed by atoms with Gasteiger partial charge in [0.15, 0.2) is 5.82 Å². The summed E-state index contributed by atoms with van der Waals surface area (Å²) in [7, 11) is 0. The first-order valence-corrected chi connectivity index (χ1v) is 8.46. The fourth-order valence-electron chi connectivity index (χ4n) is 3.10. The van der Waals surface area contributed by atoms with Gasteiger partial charge < -0.3 is 9.88 Å². The normalized spacial score (nSPS) is 15.5. The third-order valence-electron chi connectivity index (χ3n) is 4.49. The van der Waals surface area contributed by atoms with E-state index in [0.29, 0.717) is 13.0 Å². The minimum absolute atomic E-state index is 0.0623. The lowest BCUT2D eigenvalue weighted by atomic mass is 9.98. The number of carbonyl (C=O) groups is 1. The Morgan fingerprint density at radius 2 is 2.04 bits per heavy atom. The molecule has 122 valence electrons. The largest absolute Gasteiger partial charge is 0.349 e. The Hall–Kier alpha value is -2.17. The molecule has 0 saturated heterocycles. The summed E-state index contributed by atoms with van der Waals surface area (Å²) in [5, 5.41) is 11.5. The highest BCUT2D eigenvalue weighted by Gasteiger charge is 2.16. The fraction of sp³-hybridized carbons (Fsp3) is 0.500. The summed E-state index contributed by atoms with van der Waals surface area (Å²) >= 11 is 0. The smallest absolute Gasteiger partial charge is 0.220 e. The van der Waals surface area contributed by atoms with E-state index < -0.39 is 0 Å². The molecule has 23 heavy (non-hydrogen) atoms. The number of rotatable bonds is 5. The van der Waals surface area contributed by atoms with Crippen molar-refractivity contribution < 1.29 is 4.79 Å². The minimum Gasteiger partial charge on any atom is -0.349 e. The zero-order valence-electron chi connectivity index (χ0n) is 13.7. The van der Waals surface area contributed by atoms with Crippen LogP contribution in [-0.2, 0) is 24.3 Å². The number of aromatic nitrogens is 3. The maximum absolute atomic E-state index is 12.2. The van der Waals surface area contributed by atoms with Gasteiger partial charge in [0.25, 0.3) is 0 Å². The van der Waals surface area contributed by atoms with Crippen LogP contribution in [0.2, 0.25) is 0 Å². The van der Waals surface area contributed by atoms with Crippen molar-refractivity contribution in [3.8, 4) is 0 Å². The number of aryl methyl sites for hydroxylation is 1. The Morgan fingerprint density at radius 3 is 2.87 bits per heavy atom.